The Hall–Kier alpha value is -1.90. The first-order valence-corrected chi connectivity index (χ1v) is 10.5. The van der Waals surface area contributed by atoms with Gasteiger partial charge < -0.3 is 10.1 Å². The van der Waals surface area contributed by atoms with Crippen LogP contribution in [0.1, 0.15) is 34.5 Å². The summed E-state index contributed by atoms with van der Waals surface area (Å²) in [5.41, 5.74) is 3.13. The number of methoxy groups -OCH3 is 1. The fourth-order valence-corrected chi connectivity index (χ4v) is 5.22. The highest BCUT2D eigenvalue weighted by Gasteiger charge is 2.20. The van der Waals surface area contributed by atoms with Crippen molar-refractivity contribution in [3.63, 3.8) is 0 Å². The minimum absolute atomic E-state index is 0.266. The van der Waals surface area contributed by atoms with Crippen molar-refractivity contribution >= 4 is 27.5 Å². The standard InChI is InChI=1S/C18H24N2O4S2/c1-12-9-13(2)11-15(10-12)14(3)20-26(22,23)17-6-5-16(25-17)7-8-19-18(21)24-4/h5-6,9-11,14,20H,7-8H2,1-4H3,(H,19,21). The van der Waals surface area contributed by atoms with Crippen molar-refractivity contribution in [2.24, 2.45) is 0 Å². The number of carbonyl (C=O) groups excluding carboxylic acids is 1. The van der Waals surface area contributed by atoms with Crippen LogP contribution in [0, 0.1) is 13.8 Å². The Kier molecular flexibility index (Phi) is 6.80. The quantitative estimate of drug-likeness (QED) is 0.752. The summed E-state index contributed by atoms with van der Waals surface area (Å²) in [4.78, 5) is 11.9. The molecule has 1 unspecified atom stereocenters. The number of carbonyl (C=O) groups is 1. The molecule has 142 valence electrons. The number of sulfonamides is 1. The summed E-state index contributed by atoms with van der Waals surface area (Å²) in [5.74, 6) is 0. The molecule has 1 aromatic heterocycles. The molecule has 0 aliphatic heterocycles. The van der Waals surface area contributed by atoms with Crippen molar-refractivity contribution < 1.29 is 17.9 Å². The summed E-state index contributed by atoms with van der Waals surface area (Å²) in [6.07, 6.45) is 0.0420. The summed E-state index contributed by atoms with van der Waals surface area (Å²) < 4.78 is 32.8. The predicted octanol–water partition coefficient (Wildman–Crippen LogP) is 3.30. The Labute approximate surface area is 158 Å². The van der Waals surface area contributed by atoms with Crippen LogP contribution < -0.4 is 10.0 Å². The Bertz CT molecular complexity index is 855. The molecule has 8 heteroatoms. The van der Waals surface area contributed by atoms with Crippen molar-refractivity contribution in [2.75, 3.05) is 13.7 Å². The van der Waals surface area contributed by atoms with Gasteiger partial charge in [-0.2, -0.15) is 0 Å². The molecular formula is C18H24N2O4S2. The number of nitrogens with one attached hydrogen (secondary N) is 2. The third-order valence-electron chi connectivity index (χ3n) is 3.80. The van der Waals surface area contributed by atoms with E-state index in [1.807, 2.05) is 32.9 Å². The van der Waals surface area contributed by atoms with Gasteiger partial charge in [0, 0.05) is 17.5 Å². The molecule has 0 radical (unpaired) electrons. The molecule has 2 rings (SSSR count). The SMILES string of the molecule is COC(=O)NCCc1ccc(S(=O)(=O)NC(C)c2cc(C)cc(C)c2)s1. The number of benzene rings is 1. The van der Waals surface area contributed by atoms with Gasteiger partial charge in [0.1, 0.15) is 4.21 Å². The summed E-state index contributed by atoms with van der Waals surface area (Å²) in [7, 11) is -2.30. The van der Waals surface area contributed by atoms with E-state index >= 15 is 0 Å². The van der Waals surface area contributed by atoms with Gasteiger partial charge in [0.25, 0.3) is 10.0 Å². The first-order valence-electron chi connectivity index (χ1n) is 8.22. The topological polar surface area (TPSA) is 84.5 Å². The number of ether oxygens (including phenoxy) is 1. The fourth-order valence-electron chi connectivity index (χ4n) is 2.62. The Morgan fingerprint density at radius 3 is 2.46 bits per heavy atom. The summed E-state index contributed by atoms with van der Waals surface area (Å²) in [6, 6.07) is 9.05. The highest BCUT2D eigenvalue weighted by molar-refractivity contribution is 7.91. The van der Waals surface area contributed by atoms with Crippen molar-refractivity contribution in [3.8, 4) is 0 Å². The monoisotopic (exact) mass is 396 g/mol. The number of rotatable bonds is 7. The highest BCUT2D eigenvalue weighted by atomic mass is 32.2. The average molecular weight is 397 g/mol. The lowest BCUT2D eigenvalue weighted by atomic mass is 10.0. The molecule has 6 nitrogen and oxygen atoms in total. The molecule has 0 spiro atoms. The van der Waals surface area contributed by atoms with Gasteiger partial charge in [-0.3, -0.25) is 0 Å². The van der Waals surface area contributed by atoms with Crippen LogP contribution in [0.2, 0.25) is 0 Å². The summed E-state index contributed by atoms with van der Waals surface area (Å²) in [6.45, 7) is 6.21. The number of hydrogen-bond donors (Lipinski definition) is 2. The molecule has 2 N–H and O–H groups in total. The van der Waals surface area contributed by atoms with Gasteiger partial charge in [0.05, 0.1) is 7.11 Å². The molecule has 1 aromatic carbocycles. The second-order valence-corrected chi connectivity index (χ2v) is 9.26. The minimum Gasteiger partial charge on any atom is -0.453 e. The maximum atomic E-state index is 12.6. The van der Waals surface area contributed by atoms with Crippen molar-refractivity contribution in [3.05, 3.63) is 51.9 Å². The number of thiophene rings is 1. The first kappa shape index (κ1) is 20.4. The summed E-state index contributed by atoms with van der Waals surface area (Å²) >= 11 is 1.20. The predicted molar refractivity (Wildman–Crippen MR) is 103 cm³/mol. The van der Waals surface area contributed by atoms with Crippen LogP contribution in [0.25, 0.3) is 0 Å². The Morgan fingerprint density at radius 1 is 1.19 bits per heavy atom. The minimum atomic E-state index is -3.60. The maximum absolute atomic E-state index is 12.6. The van der Waals surface area contributed by atoms with Crippen molar-refractivity contribution in [1.29, 1.82) is 0 Å². The maximum Gasteiger partial charge on any atom is 0.406 e. The Balaban J connectivity index is 2.04. The van der Waals surface area contributed by atoms with E-state index in [1.54, 1.807) is 12.1 Å². The second-order valence-electron chi connectivity index (χ2n) is 6.15. The molecule has 1 heterocycles. The zero-order chi connectivity index (χ0) is 19.3. The van der Waals surface area contributed by atoms with Gasteiger partial charge >= 0.3 is 6.09 Å². The van der Waals surface area contributed by atoms with Crippen LogP contribution in [0.15, 0.2) is 34.5 Å². The van der Waals surface area contributed by atoms with Gasteiger partial charge in [-0.05, 0) is 44.9 Å². The van der Waals surface area contributed by atoms with Gasteiger partial charge in [0.15, 0.2) is 0 Å². The van der Waals surface area contributed by atoms with Gasteiger partial charge in [-0.15, -0.1) is 11.3 Å². The molecule has 0 bridgehead atoms. The first-order chi connectivity index (χ1) is 12.2. The number of aryl methyl sites for hydroxylation is 2. The van der Waals surface area contributed by atoms with E-state index in [-0.39, 0.29) is 10.3 Å². The average Bonchev–Trinajstić information content (AvgIpc) is 3.03. The van der Waals surface area contributed by atoms with Gasteiger partial charge in [0.2, 0.25) is 0 Å². The van der Waals surface area contributed by atoms with Crippen LogP contribution in [0.4, 0.5) is 4.79 Å². The molecular weight excluding hydrogens is 372 g/mol. The third kappa shape index (κ3) is 5.55. The Morgan fingerprint density at radius 2 is 1.85 bits per heavy atom. The molecule has 0 fully saturated rings. The van der Waals surface area contributed by atoms with Crippen LogP contribution in [-0.4, -0.2) is 28.2 Å². The van der Waals surface area contributed by atoms with Crippen LogP contribution in [-0.2, 0) is 21.2 Å². The van der Waals surface area contributed by atoms with E-state index in [0.29, 0.717) is 13.0 Å². The second kappa shape index (κ2) is 8.66. The van der Waals surface area contributed by atoms with E-state index in [0.717, 1.165) is 21.6 Å². The van der Waals surface area contributed by atoms with Crippen molar-refractivity contribution in [1.82, 2.24) is 10.0 Å². The normalized spacial score (nSPS) is 12.6. The molecule has 0 aliphatic carbocycles. The van der Waals surface area contributed by atoms with Gasteiger partial charge in [-0.1, -0.05) is 29.3 Å². The molecule has 26 heavy (non-hydrogen) atoms. The third-order valence-corrected chi connectivity index (χ3v) is 6.98. The number of hydrogen-bond acceptors (Lipinski definition) is 5. The number of alkyl carbamates (subject to hydrolysis) is 1. The molecule has 0 saturated carbocycles. The smallest absolute Gasteiger partial charge is 0.406 e. The largest absolute Gasteiger partial charge is 0.453 e. The summed E-state index contributed by atoms with van der Waals surface area (Å²) in [5, 5.41) is 2.57. The van der Waals surface area contributed by atoms with E-state index in [9.17, 15) is 13.2 Å². The van der Waals surface area contributed by atoms with E-state index < -0.39 is 16.1 Å². The van der Waals surface area contributed by atoms with E-state index in [4.69, 9.17) is 0 Å². The molecule has 1 atom stereocenters. The molecule has 0 saturated heterocycles. The zero-order valence-corrected chi connectivity index (χ0v) is 17.0. The van der Waals surface area contributed by atoms with E-state index in [1.165, 1.54) is 18.4 Å². The zero-order valence-electron chi connectivity index (χ0n) is 15.3. The molecule has 1 amide bonds. The lowest BCUT2D eigenvalue weighted by Crippen LogP contribution is -2.26. The lowest BCUT2D eigenvalue weighted by molar-refractivity contribution is 0.171. The van der Waals surface area contributed by atoms with Gasteiger partial charge in [-0.25, -0.2) is 17.9 Å². The lowest BCUT2D eigenvalue weighted by Gasteiger charge is -2.15. The van der Waals surface area contributed by atoms with Crippen LogP contribution >= 0.6 is 11.3 Å². The molecule has 2 aromatic rings. The van der Waals surface area contributed by atoms with Crippen LogP contribution in [0.3, 0.4) is 0 Å². The van der Waals surface area contributed by atoms with Crippen LogP contribution in [0.5, 0.6) is 0 Å². The highest BCUT2D eigenvalue weighted by Crippen LogP contribution is 2.24. The van der Waals surface area contributed by atoms with E-state index in [2.05, 4.69) is 20.8 Å². The van der Waals surface area contributed by atoms with Crippen molar-refractivity contribution in [2.45, 2.75) is 37.4 Å². The fraction of sp³-hybridized carbons (Fsp3) is 0.389. The molecule has 0 aliphatic rings. The number of amides is 1.